The van der Waals surface area contributed by atoms with Gasteiger partial charge in [0, 0.05) is 34.6 Å². The Morgan fingerprint density at radius 3 is 1.60 bits per heavy atom. The molecule has 1 aliphatic heterocycles. The molecule has 25 heavy (non-hydrogen) atoms. The van der Waals surface area contributed by atoms with Crippen LogP contribution in [0.3, 0.4) is 0 Å². The lowest BCUT2D eigenvalue weighted by Gasteiger charge is -2.28. The van der Waals surface area contributed by atoms with Crippen LogP contribution >= 0.6 is 0 Å². The molecule has 0 spiro atoms. The van der Waals surface area contributed by atoms with E-state index in [1.807, 2.05) is 0 Å². The van der Waals surface area contributed by atoms with Crippen molar-refractivity contribution in [2.45, 2.75) is 59.1 Å². The van der Waals surface area contributed by atoms with Gasteiger partial charge in [0.1, 0.15) is 12.6 Å². The molecule has 0 saturated carbocycles. The molecule has 0 aromatic carbocycles. The van der Waals surface area contributed by atoms with Crippen molar-refractivity contribution < 1.29 is 42.9 Å². The third kappa shape index (κ3) is 5.44. The molecular weight excluding hydrogens is 338 g/mol. The highest BCUT2D eigenvalue weighted by molar-refractivity contribution is 5.76. The van der Waals surface area contributed by atoms with Gasteiger partial charge < -0.3 is 18.9 Å². The third-order valence-corrected chi connectivity index (χ3v) is 3.33. The van der Waals surface area contributed by atoms with Crippen molar-refractivity contribution in [3.8, 4) is 0 Å². The van der Waals surface area contributed by atoms with E-state index in [2.05, 4.69) is 0 Å². The summed E-state index contributed by atoms with van der Waals surface area (Å²) in [5, 5.41) is 0. The molecule has 1 heterocycles. The zero-order valence-electron chi connectivity index (χ0n) is 14.6. The standard InChI is InChI=1S/C15H21NO9/c1-7(17)16-12(6-22-8(2)18)13(23-9(3)19)14(24-10(4)20)15(16)25-11(5)21/h12-15H,6H2,1-5H3. The minimum absolute atomic E-state index is 0.331. The van der Waals surface area contributed by atoms with E-state index in [0.29, 0.717) is 0 Å². The molecule has 1 saturated heterocycles. The van der Waals surface area contributed by atoms with Crippen LogP contribution < -0.4 is 0 Å². The maximum absolute atomic E-state index is 12.1. The summed E-state index contributed by atoms with van der Waals surface area (Å²) in [5.74, 6) is -3.33. The summed E-state index contributed by atoms with van der Waals surface area (Å²) in [6, 6.07) is -0.987. The number of hydrogen-bond donors (Lipinski definition) is 0. The summed E-state index contributed by atoms with van der Waals surface area (Å²) in [4.78, 5) is 58.5. The maximum Gasteiger partial charge on any atom is 0.304 e. The van der Waals surface area contributed by atoms with E-state index >= 15 is 0 Å². The molecule has 0 aliphatic carbocycles. The zero-order valence-corrected chi connectivity index (χ0v) is 14.6. The SMILES string of the molecule is CC(=O)OCC1C(OC(C)=O)C(OC(C)=O)C(OC(C)=O)N1C(C)=O. The molecule has 10 nitrogen and oxygen atoms in total. The number of rotatable bonds is 5. The fourth-order valence-electron chi connectivity index (χ4n) is 2.63. The Morgan fingerprint density at radius 1 is 0.720 bits per heavy atom. The van der Waals surface area contributed by atoms with Crippen molar-refractivity contribution in [3.63, 3.8) is 0 Å². The molecule has 4 atom stereocenters. The van der Waals surface area contributed by atoms with E-state index in [1.165, 1.54) is 13.8 Å². The second-order valence-electron chi connectivity index (χ2n) is 5.44. The highest BCUT2D eigenvalue weighted by Crippen LogP contribution is 2.32. The largest absolute Gasteiger partial charge is 0.464 e. The first kappa shape index (κ1) is 20.4. The zero-order chi connectivity index (χ0) is 19.3. The van der Waals surface area contributed by atoms with Gasteiger partial charge in [-0.15, -0.1) is 0 Å². The van der Waals surface area contributed by atoms with Gasteiger partial charge in [-0.1, -0.05) is 0 Å². The minimum atomic E-state index is -1.32. The monoisotopic (exact) mass is 359 g/mol. The second-order valence-corrected chi connectivity index (χ2v) is 5.44. The van der Waals surface area contributed by atoms with Crippen molar-refractivity contribution >= 4 is 29.8 Å². The minimum Gasteiger partial charge on any atom is -0.464 e. The molecule has 140 valence electrons. The van der Waals surface area contributed by atoms with Gasteiger partial charge in [-0.3, -0.25) is 28.9 Å². The van der Waals surface area contributed by atoms with Gasteiger partial charge in [-0.25, -0.2) is 0 Å². The summed E-state index contributed by atoms with van der Waals surface area (Å²) in [7, 11) is 0. The Hall–Kier alpha value is -2.65. The van der Waals surface area contributed by atoms with Gasteiger partial charge in [-0.05, 0) is 0 Å². The quantitative estimate of drug-likeness (QED) is 0.473. The Bertz CT molecular complexity index is 573. The van der Waals surface area contributed by atoms with Crippen molar-refractivity contribution in [1.82, 2.24) is 4.90 Å². The summed E-state index contributed by atoms with van der Waals surface area (Å²) in [5.41, 5.74) is 0. The van der Waals surface area contributed by atoms with Crippen LogP contribution in [0.5, 0.6) is 0 Å². The molecule has 1 aliphatic rings. The molecule has 1 rings (SSSR count). The van der Waals surface area contributed by atoms with Crippen molar-refractivity contribution in [2.75, 3.05) is 6.61 Å². The number of amides is 1. The first-order chi connectivity index (χ1) is 11.5. The van der Waals surface area contributed by atoms with E-state index in [-0.39, 0.29) is 6.61 Å². The third-order valence-electron chi connectivity index (χ3n) is 3.33. The molecule has 1 fully saturated rings. The number of carbonyl (C=O) groups is 5. The molecule has 0 N–H and O–H groups in total. The number of nitrogens with zero attached hydrogens (tertiary/aromatic N) is 1. The van der Waals surface area contributed by atoms with Crippen LogP contribution in [-0.2, 0) is 42.9 Å². The van der Waals surface area contributed by atoms with Crippen LogP contribution in [0.4, 0.5) is 0 Å². The number of ether oxygens (including phenoxy) is 4. The predicted molar refractivity (Wildman–Crippen MR) is 79.6 cm³/mol. The van der Waals surface area contributed by atoms with Gasteiger partial charge >= 0.3 is 23.9 Å². The highest BCUT2D eigenvalue weighted by atomic mass is 16.6. The second kappa shape index (κ2) is 8.45. The van der Waals surface area contributed by atoms with Crippen LogP contribution in [0.25, 0.3) is 0 Å². The summed E-state index contributed by atoms with van der Waals surface area (Å²) in [6.45, 7) is 5.39. The molecule has 0 aromatic heterocycles. The number of likely N-dealkylation sites (tertiary alicyclic amines) is 1. The van der Waals surface area contributed by atoms with Crippen molar-refractivity contribution in [1.29, 1.82) is 0 Å². The first-order valence-electron chi connectivity index (χ1n) is 7.48. The van der Waals surface area contributed by atoms with Crippen LogP contribution in [0.1, 0.15) is 34.6 Å². The van der Waals surface area contributed by atoms with Crippen LogP contribution in [0.2, 0.25) is 0 Å². The molecule has 0 radical (unpaired) electrons. The van der Waals surface area contributed by atoms with Gasteiger partial charge in [0.05, 0.1) is 0 Å². The molecule has 10 heteroatoms. The average Bonchev–Trinajstić information content (AvgIpc) is 2.69. The maximum atomic E-state index is 12.1. The van der Waals surface area contributed by atoms with Crippen LogP contribution in [0, 0.1) is 0 Å². The van der Waals surface area contributed by atoms with E-state index in [0.717, 1.165) is 25.7 Å². The van der Waals surface area contributed by atoms with Crippen molar-refractivity contribution in [3.05, 3.63) is 0 Å². The number of hydrogen-bond acceptors (Lipinski definition) is 9. The van der Waals surface area contributed by atoms with E-state index in [4.69, 9.17) is 18.9 Å². The van der Waals surface area contributed by atoms with Crippen molar-refractivity contribution in [2.24, 2.45) is 0 Å². The van der Waals surface area contributed by atoms with Crippen LogP contribution in [0.15, 0.2) is 0 Å². The van der Waals surface area contributed by atoms with Gasteiger partial charge in [-0.2, -0.15) is 0 Å². The smallest absolute Gasteiger partial charge is 0.304 e. The molecular formula is C15H21NO9. The first-order valence-corrected chi connectivity index (χ1v) is 7.48. The Labute approximate surface area is 144 Å². The molecule has 0 aromatic rings. The van der Waals surface area contributed by atoms with Crippen LogP contribution in [-0.4, -0.2) is 65.8 Å². The summed E-state index contributed by atoms with van der Waals surface area (Å²) in [6.07, 6.45) is -3.74. The van der Waals surface area contributed by atoms with Gasteiger partial charge in [0.2, 0.25) is 12.1 Å². The summed E-state index contributed by atoms with van der Waals surface area (Å²) >= 11 is 0. The lowest BCUT2D eigenvalue weighted by molar-refractivity contribution is -0.181. The van der Waals surface area contributed by atoms with E-state index in [1.54, 1.807) is 0 Å². The van der Waals surface area contributed by atoms with E-state index in [9.17, 15) is 24.0 Å². The highest BCUT2D eigenvalue weighted by Gasteiger charge is 2.56. The van der Waals surface area contributed by atoms with E-state index < -0.39 is 54.3 Å². The lowest BCUT2D eigenvalue weighted by atomic mass is 10.1. The van der Waals surface area contributed by atoms with Gasteiger partial charge in [0.25, 0.3) is 0 Å². The Balaban J connectivity index is 3.31. The lowest BCUT2D eigenvalue weighted by Crippen LogP contribution is -2.47. The Morgan fingerprint density at radius 2 is 1.20 bits per heavy atom. The molecule has 1 amide bonds. The normalized spacial score (nSPS) is 25.1. The molecule has 4 unspecified atom stereocenters. The summed E-state index contributed by atoms with van der Waals surface area (Å²) < 4.78 is 20.3. The predicted octanol–water partition coefficient (Wildman–Crippen LogP) is -0.467. The fraction of sp³-hybridized carbons (Fsp3) is 0.667. The average molecular weight is 359 g/mol. The topological polar surface area (TPSA) is 126 Å². The Kier molecular flexibility index (Phi) is 6.89. The van der Waals surface area contributed by atoms with Gasteiger partial charge in [0.15, 0.2) is 12.2 Å². The number of carbonyl (C=O) groups excluding carboxylic acids is 5. The fourth-order valence-corrected chi connectivity index (χ4v) is 2.63. The number of esters is 4. The molecule has 0 bridgehead atoms.